The molecule has 8 nitrogen and oxygen atoms in total. The molecule has 0 radical (unpaired) electrons. The van der Waals surface area contributed by atoms with Gasteiger partial charge in [0.1, 0.15) is 11.2 Å². The van der Waals surface area contributed by atoms with Crippen LogP contribution in [0, 0.1) is 12.3 Å². The summed E-state index contributed by atoms with van der Waals surface area (Å²) in [7, 11) is 0. The summed E-state index contributed by atoms with van der Waals surface area (Å²) in [5, 5.41) is 20.0. The first-order valence-corrected chi connectivity index (χ1v) is 10.6. The maximum Gasteiger partial charge on any atom is 0.230 e. The maximum absolute atomic E-state index is 12.2. The van der Waals surface area contributed by atoms with Crippen LogP contribution in [0.15, 0.2) is 29.4 Å². The molecule has 1 amide bonds. The maximum atomic E-state index is 12.2. The van der Waals surface area contributed by atoms with Crippen molar-refractivity contribution in [3.05, 3.63) is 35.4 Å². The van der Waals surface area contributed by atoms with E-state index in [-0.39, 0.29) is 23.2 Å². The van der Waals surface area contributed by atoms with Crippen LogP contribution in [-0.2, 0) is 4.79 Å². The Morgan fingerprint density at radius 2 is 2.07 bits per heavy atom. The predicted molar refractivity (Wildman–Crippen MR) is 114 cm³/mol. The van der Waals surface area contributed by atoms with Gasteiger partial charge >= 0.3 is 0 Å². The number of benzene rings is 1. The molecular weight excluding hydrogens is 388 g/mol. The predicted octanol–water partition coefficient (Wildman–Crippen LogP) is 2.94. The zero-order valence-electron chi connectivity index (χ0n) is 17.1. The van der Waals surface area contributed by atoms with Gasteiger partial charge in [0.15, 0.2) is 10.8 Å². The lowest BCUT2D eigenvalue weighted by molar-refractivity contribution is -0.119. The molecule has 9 heteroatoms. The topological polar surface area (TPSA) is 109 Å². The van der Waals surface area contributed by atoms with Crippen molar-refractivity contribution in [1.82, 2.24) is 25.1 Å². The zero-order chi connectivity index (χ0) is 21.0. The van der Waals surface area contributed by atoms with E-state index in [0.29, 0.717) is 22.8 Å². The summed E-state index contributed by atoms with van der Waals surface area (Å²) in [6.45, 7) is 8.39. The van der Waals surface area contributed by atoms with E-state index in [1.807, 2.05) is 52.0 Å². The molecule has 29 heavy (non-hydrogen) atoms. The first kappa shape index (κ1) is 20.9. The highest BCUT2D eigenvalue weighted by Gasteiger charge is 2.16. The zero-order valence-corrected chi connectivity index (χ0v) is 17.9. The normalized spacial score (nSPS) is 12.1. The van der Waals surface area contributed by atoms with Crippen molar-refractivity contribution in [2.24, 2.45) is 0 Å². The highest BCUT2D eigenvalue weighted by Crippen LogP contribution is 2.23. The average molecular weight is 415 g/mol. The molecule has 154 valence electrons. The van der Waals surface area contributed by atoms with Gasteiger partial charge in [-0.2, -0.15) is 5.10 Å². The van der Waals surface area contributed by atoms with Crippen molar-refractivity contribution >= 4 is 28.7 Å². The van der Waals surface area contributed by atoms with Gasteiger partial charge in [-0.25, -0.2) is 4.98 Å². The van der Waals surface area contributed by atoms with Gasteiger partial charge in [-0.3, -0.25) is 19.9 Å². The number of aromatic amines is 1. The summed E-state index contributed by atoms with van der Waals surface area (Å²) in [6.07, 6.45) is 0.871. The SMILES string of the molecule is CCOc1ccc(-n2c(SCC(=O)NC(C)CC)nc3n[nH]c(C)c3c2=N)cc1. The number of nitrogens with one attached hydrogen (secondary N) is 3. The molecule has 0 saturated heterocycles. The molecule has 1 atom stereocenters. The van der Waals surface area contributed by atoms with Crippen LogP contribution in [0.25, 0.3) is 16.7 Å². The molecule has 3 rings (SSSR count). The molecule has 3 N–H and O–H groups in total. The average Bonchev–Trinajstić information content (AvgIpc) is 3.08. The van der Waals surface area contributed by atoms with Crippen LogP contribution in [0.5, 0.6) is 5.75 Å². The van der Waals surface area contributed by atoms with Crippen LogP contribution < -0.4 is 15.5 Å². The molecule has 0 fully saturated rings. The molecular formula is C20H26N6O2S. The molecule has 2 aromatic heterocycles. The van der Waals surface area contributed by atoms with Crippen LogP contribution in [-0.4, -0.2) is 44.1 Å². The second-order valence-electron chi connectivity index (χ2n) is 6.72. The van der Waals surface area contributed by atoms with Crippen molar-refractivity contribution in [3.8, 4) is 11.4 Å². The summed E-state index contributed by atoms with van der Waals surface area (Å²) in [5.74, 6) is 0.913. The van der Waals surface area contributed by atoms with Crippen LogP contribution >= 0.6 is 11.8 Å². The number of hydrogen-bond donors (Lipinski definition) is 3. The molecule has 0 saturated carbocycles. The fourth-order valence-electron chi connectivity index (χ4n) is 2.87. The largest absolute Gasteiger partial charge is 0.494 e. The van der Waals surface area contributed by atoms with E-state index >= 15 is 0 Å². The van der Waals surface area contributed by atoms with E-state index in [9.17, 15) is 4.79 Å². The minimum absolute atomic E-state index is 0.0609. The fraction of sp³-hybridized carbons (Fsp3) is 0.400. The van der Waals surface area contributed by atoms with E-state index in [4.69, 9.17) is 10.1 Å². The Morgan fingerprint density at radius 3 is 2.72 bits per heavy atom. The number of rotatable bonds is 8. The highest BCUT2D eigenvalue weighted by atomic mass is 32.2. The summed E-state index contributed by atoms with van der Waals surface area (Å²) in [4.78, 5) is 16.9. The molecule has 3 aromatic rings. The Kier molecular flexibility index (Phi) is 6.58. The van der Waals surface area contributed by atoms with Crippen molar-refractivity contribution in [1.29, 1.82) is 5.41 Å². The van der Waals surface area contributed by atoms with Gasteiger partial charge in [-0.15, -0.1) is 0 Å². The Balaban J connectivity index is 2.00. The first-order valence-electron chi connectivity index (χ1n) is 9.62. The standard InChI is InChI=1S/C20H26N6O2S/c1-5-12(3)22-16(27)11-29-20-23-19-17(13(4)24-25-19)18(21)26(20)14-7-9-15(10-8-14)28-6-2/h7-10,12,21H,5-6,11H2,1-4H3,(H,22,27)(H,24,25). The summed E-state index contributed by atoms with van der Waals surface area (Å²) >= 11 is 1.29. The van der Waals surface area contributed by atoms with Gasteiger partial charge in [0.05, 0.1) is 17.7 Å². The summed E-state index contributed by atoms with van der Waals surface area (Å²) < 4.78 is 7.25. The lowest BCUT2D eigenvalue weighted by Gasteiger charge is -2.15. The second-order valence-corrected chi connectivity index (χ2v) is 7.66. The number of aryl methyl sites for hydroxylation is 1. The quantitative estimate of drug-likeness (QED) is 0.388. The number of thioether (sulfide) groups is 1. The molecule has 0 aliphatic rings. The first-order chi connectivity index (χ1) is 13.9. The monoisotopic (exact) mass is 414 g/mol. The molecule has 0 aliphatic heterocycles. The molecule has 0 aliphatic carbocycles. The number of carbonyl (C=O) groups excluding carboxylic acids is 1. The molecule has 0 bridgehead atoms. The molecule has 1 unspecified atom stereocenters. The Morgan fingerprint density at radius 1 is 1.34 bits per heavy atom. The summed E-state index contributed by atoms with van der Waals surface area (Å²) in [5.41, 5.74) is 2.30. The third-order valence-corrected chi connectivity index (χ3v) is 5.48. The number of hydrogen-bond acceptors (Lipinski definition) is 6. The molecule has 2 heterocycles. The molecule has 0 spiro atoms. The Bertz CT molecular complexity index is 1060. The van der Waals surface area contributed by atoms with E-state index in [0.717, 1.165) is 23.6 Å². The van der Waals surface area contributed by atoms with Crippen LogP contribution in [0.3, 0.4) is 0 Å². The Labute approximate surface area is 173 Å². The van der Waals surface area contributed by atoms with Gasteiger partial charge in [-0.05, 0) is 51.5 Å². The van der Waals surface area contributed by atoms with E-state index < -0.39 is 0 Å². The number of carbonyl (C=O) groups is 1. The van der Waals surface area contributed by atoms with E-state index in [1.165, 1.54) is 11.8 Å². The van der Waals surface area contributed by atoms with Gasteiger partial charge in [-0.1, -0.05) is 18.7 Å². The van der Waals surface area contributed by atoms with E-state index in [2.05, 4.69) is 20.5 Å². The Hall–Kier alpha value is -2.81. The second kappa shape index (κ2) is 9.13. The number of amides is 1. The number of fused-ring (bicyclic) bond motifs is 1. The number of nitrogens with zero attached hydrogens (tertiary/aromatic N) is 3. The van der Waals surface area contributed by atoms with Gasteiger partial charge < -0.3 is 10.1 Å². The molecule has 1 aromatic carbocycles. The van der Waals surface area contributed by atoms with E-state index in [1.54, 1.807) is 4.57 Å². The smallest absolute Gasteiger partial charge is 0.230 e. The van der Waals surface area contributed by atoms with Crippen molar-refractivity contribution in [2.45, 2.75) is 45.3 Å². The van der Waals surface area contributed by atoms with Gasteiger partial charge in [0.2, 0.25) is 5.91 Å². The lowest BCUT2D eigenvalue weighted by atomic mass is 10.2. The number of H-pyrrole nitrogens is 1. The van der Waals surface area contributed by atoms with Crippen molar-refractivity contribution in [3.63, 3.8) is 0 Å². The van der Waals surface area contributed by atoms with Crippen LogP contribution in [0.2, 0.25) is 0 Å². The summed E-state index contributed by atoms with van der Waals surface area (Å²) in [6, 6.07) is 7.62. The number of ether oxygens (including phenoxy) is 1. The van der Waals surface area contributed by atoms with Gasteiger partial charge in [0.25, 0.3) is 0 Å². The van der Waals surface area contributed by atoms with Gasteiger partial charge in [0, 0.05) is 17.4 Å². The van der Waals surface area contributed by atoms with Crippen molar-refractivity contribution < 1.29 is 9.53 Å². The third kappa shape index (κ3) is 4.61. The highest BCUT2D eigenvalue weighted by molar-refractivity contribution is 7.99. The number of aromatic nitrogens is 4. The lowest BCUT2D eigenvalue weighted by Crippen LogP contribution is -2.33. The fourth-order valence-corrected chi connectivity index (χ4v) is 3.69. The minimum atomic E-state index is -0.0609. The third-order valence-electron chi connectivity index (χ3n) is 4.54. The van der Waals surface area contributed by atoms with Crippen LogP contribution in [0.4, 0.5) is 0 Å². The van der Waals surface area contributed by atoms with Crippen molar-refractivity contribution in [2.75, 3.05) is 12.4 Å². The van der Waals surface area contributed by atoms with Crippen LogP contribution in [0.1, 0.15) is 32.9 Å². The minimum Gasteiger partial charge on any atom is -0.494 e.